The van der Waals surface area contributed by atoms with Gasteiger partial charge in [0, 0.05) is 13.2 Å². The molecule has 0 aromatic heterocycles. The van der Waals surface area contributed by atoms with Gasteiger partial charge in [0.25, 0.3) is 0 Å². The van der Waals surface area contributed by atoms with E-state index in [1.165, 1.54) is 116 Å². The molecule has 0 atom stereocenters. The molecule has 0 aromatic carbocycles. The topological polar surface area (TPSA) is 9.23 Å². The van der Waals surface area contributed by atoms with E-state index in [1.54, 1.807) is 0 Å². The average molecular weight is 355 g/mol. The Bertz CT molecular complexity index is 224. The molecule has 0 aliphatic heterocycles. The van der Waals surface area contributed by atoms with Crippen molar-refractivity contribution in [1.82, 2.24) is 0 Å². The Morgan fingerprint density at radius 1 is 0.480 bits per heavy atom. The van der Waals surface area contributed by atoms with E-state index in [0.717, 1.165) is 19.1 Å². The van der Waals surface area contributed by atoms with Crippen molar-refractivity contribution in [3.8, 4) is 0 Å². The summed E-state index contributed by atoms with van der Waals surface area (Å²) in [5.74, 6) is 0.858. The van der Waals surface area contributed by atoms with Crippen LogP contribution in [0.5, 0.6) is 0 Å². The lowest BCUT2D eigenvalue weighted by Gasteiger charge is -2.06. The van der Waals surface area contributed by atoms with Crippen molar-refractivity contribution < 1.29 is 4.74 Å². The quantitative estimate of drug-likeness (QED) is 0.187. The van der Waals surface area contributed by atoms with Gasteiger partial charge >= 0.3 is 0 Å². The van der Waals surface area contributed by atoms with Crippen LogP contribution in [0, 0.1) is 5.92 Å². The first kappa shape index (κ1) is 25.0. The molecule has 152 valence electrons. The van der Waals surface area contributed by atoms with Gasteiger partial charge in [-0.3, -0.25) is 0 Å². The molecule has 0 saturated carbocycles. The number of hydrogen-bond acceptors (Lipinski definition) is 1. The second kappa shape index (κ2) is 22.0. The second-order valence-electron chi connectivity index (χ2n) is 8.45. The molecule has 0 rings (SSSR count). The maximum Gasteiger partial charge on any atom is 0.0466 e. The molecule has 0 bridgehead atoms. The lowest BCUT2D eigenvalue weighted by Crippen LogP contribution is -1.97. The predicted molar refractivity (Wildman–Crippen MR) is 114 cm³/mol. The van der Waals surface area contributed by atoms with Crippen LogP contribution in [0.25, 0.3) is 0 Å². The van der Waals surface area contributed by atoms with Crippen LogP contribution in [0.4, 0.5) is 0 Å². The Hall–Kier alpha value is -0.0400. The van der Waals surface area contributed by atoms with E-state index in [9.17, 15) is 0 Å². The zero-order chi connectivity index (χ0) is 18.4. The van der Waals surface area contributed by atoms with Crippen molar-refractivity contribution in [3.05, 3.63) is 0 Å². The van der Waals surface area contributed by atoms with E-state index in [2.05, 4.69) is 20.8 Å². The summed E-state index contributed by atoms with van der Waals surface area (Å²) < 4.78 is 5.75. The van der Waals surface area contributed by atoms with Crippen LogP contribution in [0.1, 0.15) is 136 Å². The largest absolute Gasteiger partial charge is 0.381 e. The summed E-state index contributed by atoms with van der Waals surface area (Å²) in [5.41, 5.74) is 0. The average Bonchev–Trinajstić information content (AvgIpc) is 2.60. The van der Waals surface area contributed by atoms with Gasteiger partial charge in [-0.25, -0.2) is 0 Å². The van der Waals surface area contributed by atoms with E-state index >= 15 is 0 Å². The summed E-state index contributed by atoms with van der Waals surface area (Å²) in [6, 6.07) is 0. The standard InChI is InChI=1S/C24H50O/c1-4-5-6-7-8-9-10-11-12-13-14-15-16-19-22-25-23-20-17-18-21-24(2)3/h24H,4-23H2,1-3H3. The summed E-state index contributed by atoms with van der Waals surface area (Å²) in [7, 11) is 0. The smallest absolute Gasteiger partial charge is 0.0466 e. The van der Waals surface area contributed by atoms with Crippen molar-refractivity contribution >= 4 is 0 Å². The summed E-state index contributed by atoms with van der Waals surface area (Å²) in [6.07, 6.45) is 25.3. The summed E-state index contributed by atoms with van der Waals surface area (Å²) >= 11 is 0. The SMILES string of the molecule is CCCCCCCCCCCCCCCCOCCCCCC(C)C. The number of rotatable bonds is 21. The maximum atomic E-state index is 5.75. The first-order chi connectivity index (χ1) is 12.3. The zero-order valence-corrected chi connectivity index (χ0v) is 18.1. The fraction of sp³-hybridized carbons (Fsp3) is 1.00. The Kier molecular flexibility index (Phi) is 22.0. The number of ether oxygens (including phenoxy) is 1. The zero-order valence-electron chi connectivity index (χ0n) is 18.1. The highest BCUT2D eigenvalue weighted by molar-refractivity contribution is 4.50. The molecule has 0 aliphatic carbocycles. The maximum absolute atomic E-state index is 5.75. The normalized spacial score (nSPS) is 11.5. The highest BCUT2D eigenvalue weighted by Gasteiger charge is 1.96. The third kappa shape index (κ3) is 24.0. The molecule has 1 nitrogen and oxygen atoms in total. The fourth-order valence-electron chi connectivity index (χ4n) is 3.43. The highest BCUT2D eigenvalue weighted by Crippen LogP contribution is 2.13. The summed E-state index contributed by atoms with van der Waals surface area (Å²) in [4.78, 5) is 0. The lowest BCUT2D eigenvalue weighted by atomic mass is 10.0. The van der Waals surface area contributed by atoms with E-state index in [4.69, 9.17) is 4.74 Å². The Morgan fingerprint density at radius 3 is 1.24 bits per heavy atom. The van der Waals surface area contributed by atoms with Crippen LogP contribution in [0.2, 0.25) is 0 Å². The fourth-order valence-corrected chi connectivity index (χ4v) is 3.43. The van der Waals surface area contributed by atoms with E-state index in [1.807, 2.05) is 0 Å². The molecule has 0 amide bonds. The molecule has 0 radical (unpaired) electrons. The number of unbranched alkanes of at least 4 members (excludes halogenated alkanes) is 15. The van der Waals surface area contributed by atoms with Gasteiger partial charge in [0.2, 0.25) is 0 Å². The molecule has 0 heterocycles. The molecule has 0 spiro atoms. The first-order valence-electron chi connectivity index (χ1n) is 11.8. The van der Waals surface area contributed by atoms with Crippen LogP contribution < -0.4 is 0 Å². The molecule has 0 fully saturated rings. The second-order valence-corrected chi connectivity index (χ2v) is 8.45. The molecule has 0 N–H and O–H groups in total. The van der Waals surface area contributed by atoms with Gasteiger partial charge in [-0.2, -0.15) is 0 Å². The number of hydrogen-bond donors (Lipinski definition) is 0. The molecular weight excluding hydrogens is 304 g/mol. The third-order valence-corrected chi connectivity index (χ3v) is 5.21. The van der Waals surface area contributed by atoms with Gasteiger partial charge in [-0.05, 0) is 18.8 Å². The highest BCUT2D eigenvalue weighted by atomic mass is 16.5. The molecule has 1 heteroatoms. The van der Waals surface area contributed by atoms with E-state index in [-0.39, 0.29) is 0 Å². The lowest BCUT2D eigenvalue weighted by molar-refractivity contribution is 0.125. The Balaban J connectivity index is 2.96. The van der Waals surface area contributed by atoms with Gasteiger partial charge < -0.3 is 4.74 Å². The van der Waals surface area contributed by atoms with Crippen molar-refractivity contribution in [2.75, 3.05) is 13.2 Å². The molecule has 0 saturated heterocycles. The molecule has 0 aliphatic rings. The van der Waals surface area contributed by atoms with E-state index < -0.39 is 0 Å². The predicted octanol–water partition coefficient (Wildman–Crippen LogP) is 8.70. The Labute approximate surface area is 160 Å². The molecule has 0 aromatic rings. The van der Waals surface area contributed by atoms with Gasteiger partial charge in [0.1, 0.15) is 0 Å². The van der Waals surface area contributed by atoms with Crippen LogP contribution in [0.3, 0.4) is 0 Å². The van der Waals surface area contributed by atoms with E-state index in [0.29, 0.717) is 0 Å². The summed E-state index contributed by atoms with van der Waals surface area (Å²) in [5, 5.41) is 0. The minimum Gasteiger partial charge on any atom is -0.381 e. The van der Waals surface area contributed by atoms with Crippen LogP contribution in [-0.2, 0) is 4.74 Å². The molecule has 0 unspecified atom stereocenters. The van der Waals surface area contributed by atoms with Gasteiger partial charge in [0.05, 0.1) is 0 Å². The summed E-state index contributed by atoms with van der Waals surface area (Å²) in [6.45, 7) is 8.89. The van der Waals surface area contributed by atoms with Crippen LogP contribution in [-0.4, -0.2) is 13.2 Å². The first-order valence-corrected chi connectivity index (χ1v) is 11.8. The Morgan fingerprint density at radius 2 is 0.840 bits per heavy atom. The van der Waals surface area contributed by atoms with Gasteiger partial charge in [-0.15, -0.1) is 0 Å². The van der Waals surface area contributed by atoms with Gasteiger partial charge in [0.15, 0.2) is 0 Å². The van der Waals surface area contributed by atoms with Crippen molar-refractivity contribution in [2.24, 2.45) is 5.92 Å². The van der Waals surface area contributed by atoms with Crippen LogP contribution in [0.15, 0.2) is 0 Å². The molecular formula is C24H50O. The minimum absolute atomic E-state index is 0.858. The van der Waals surface area contributed by atoms with Crippen molar-refractivity contribution in [3.63, 3.8) is 0 Å². The minimum atomic E-state index is 0.858. The van der Waals surface area contributed by atoms with Crippen molar-refractivity contribution in [1.29, 1.82) is 0 Å². The third-order valence-electron chi connectivity index (χ3n) is 5.21. The van der Waals surface area contributed by atoms with Crippen LogP contribution >= 0.6 is 0 Å². The molecule has 25 heavy (non-hydrogen) atoms. The van der Waals surface area contributed by atoms with Gasteiger partial charge in [-0.1, -0.05) is 124 Å². The monoisotopic (exact) mass is 354 g/mol. The van der Waals surface area contributed by atoms with Crippen molar-refractivity contribution in [2.45, 2.75) is 136 Å².